The molecular weight excluding hydrogens is 1010 g/mol. The van der Waals surface area contributed by atoms with Gasteiger partial charge in [0.1, 0.15) is 5.82 Å². The molecule has 4 aromatic carbocycles. The van der Waals surface area contributed by atoms with Gasteiger partial charge in [-0.1, -0.05) is 82.7 Å². The van der Waals surface area contributed by atoms with Crippen LogP contribution >= 0.6 is 15.9 Å². The van der Waals surface area contributed by atoms with E-state index in [0.29, 0.717) is 0 Å². The second-order valence-corrected chi connectivity index (χ2v) is 16.0. The van der Waals surface area contributed by atoms with Gasteiger partial charge in [-0.3, -0.25) is 29.9 Å². The topological polar surface area (TPSA) is 252 Å². The summed E-state index contributed by atoms with van der Waals surface area (Å²) in [6, 6.07) is 42.7. The molecule has 0 atom stereocenters. The molecule has 14 nitrogen and oxygen atoms in total. The van der Waals surface area contributed by atoms with Crippen LogP contribution in [0.2, 0.25) is 0 Å². The fourth-order valence-corrected chi connectivity index (χ4v) is 7.52. The Morgan fingerprint density at radius 2 is 0.848 bits per heavy atom. The van der Waals surface area contributed by atoms with Gasteiger partial charge in [0, 0.05) is 84.4 Å². The van der Waals surface area contributed by atoms with Crippen molar-refractivity contribution in [2.24, 2.45) is 0 Å². The molecule has 0 radical (unpaired) electrons. The van der Waals surface area contributed by atoms with E-state index in [0.717, 1.165) is 115 Å². The molecular formula is C49H39BrClN9O5Ru. The Kier molecular flexibility index (Phi) is 16.9. The molecule has 7 aromatic heterocycles. The number of imidazole rings is 1. The Labute approximate surface area is 402 Å². The number of nitriles is 1. The number of aromatic nitrogens is 8. The number of aromatic amines is 1. The van der Waals surface area contributed by atoms with Gasteiger partial charge < -0.3 is 10.5 Å². The Morgan fingerprint density at radius 1 is 0.500 bits per heavy atom. The molecule has 66 heavy (non-hydrogen) atoms. The predicted molar refractivity (Wildman–Crippen MR) is 246 cm³/mol. The maximum absolute atomic E-state index is 8.49. The fraction of sp³-hybridized carbons (Fsp3) is 0.102. The van der Waals surface area contributed by atoms with Gasteiger partial charge in [-0.2, -0.15) is 5.26 Å². The summed E-state index contributed by atoms with van der Waals surface area (Å²) < 4.78 is 35.0. The van der Waals surface area contributed by atoms with Gasteiger partial charge in [0.25, 0.3) is 0 Å². The van der Waals surface area contributed by atoms with Crippen LogP contribution in [-0.4, -0.2) is 45.3 Å². The third-order valence-corrected chi connectivity index (χ3v) is 10.5. The quantitative estimate of drug-likeness (QED) is 0.124. The number of fused-ring (bicyclic) bond motifs is 12. The van der Waals surface area contributed by atoms with Crippen LogP contribution in [0.5, 0.6) is 0 Å². The first-order chi connectivity index (χ1) is 30.7. The van der Waals surface area contributed by atoms with Crippen molar-refractivity contribution in [3.63, 3.8) is 0 Å². The fourth-order valence-electron chi connectivity index (χ4n) is 7.05. The molecule has 11 aromatic rings. The van der Waals surface area contributed by atoms with E-state index in [-0.39, 0.29) is 25.0 Å². The number of rotatable bonds is 1. The Hall–Kier alpha value is -6.51. The molecule has 0 amide bonds. The third kappa shape index (κ3) is 11.8. The minimum atomic E-state index is -4.94. The first kappa shape index (κ1) is 50.5. The second-order valence-electron chi connectivity index (χ2n) is 14.4. The van der Waals surface area contributed by atoms with E-state index in [1.165, 1.54) is 6.92 Å². The molecule has 0 saturated heterocycles. The molecule has 17 heteroatoms. The van der Waals surface area contributed by atoms with Gasteiger partial charge in [-0.15, -0.1) is 10.2 Å². The normalized spacial score (nSPS) is 10.6. The second kappa shape index (κ2) is 22.1. The number of aryl methyl sites for hydroxylation is 4. The summed E-state index contributed by atoms with van der Waals surface area (Å²) in [7, 11) is -4.94. The molecule has 0 bridgehead atoms. The molecule has 0 aliphatic rings. The summed E-state index contributed by atoms with van der Waals surface area (Å²) in [6.45, 7) is 9.46. The van der Waals surface area contributed by atoms with Crippen molar-refractivity contribution in [3.05, 3.63) is 161 Å². The summed E-state index contributed by atoms with van der Waals surface area (Å²) in [5.74, 6) is 0.832. The first-order valence-corrected chi connectivity index (χ1v) is 21.7. The van der Waals surface area contributed by atoms with Crippen LogP contribution in [0.4, 0.5) is 0 Å². The van der Waals surface area contributed by atoms with Crippen molar-refractivity contribution in [1.82, 2.24) is 39.9 Å². The van der Waals surface area contributed by atoms with E-state index >= 15 is 0 Å². The standard InChI is InChI=1S/C19H11BrN4.2C14H12N2.C2H3N.ClHO4.H2O.Ru/c20-14-8-2-1-5-11(14)19-23-17-12-6-3-9-21-15(12)16-13(18(17)24-19)7-4-10-22-16;2*1-9-3-5-11-7-8-12-6-4-10(2)16-14(12)13(11)15-9;1-2-3;2-1(3,4)5;;/h1-10H,(H,23,24);2*3-8H,1-2H3;1H3;(H,2,3,4,5);1H2;/q;;;;;;+2/p-2. The van der Waals surface area contributed by atoms with E-state index < -0.39 is 10.2 Å². The van der Waals surface area contributed by atoms with Crippen molar-refractivity contribution < 1.29 is 53.8 Å². The number of hydrogen-bond acceptors (Lipinski definition) is 13. The van der Waals surface area contributed by atoms with Gasteiger partial charge in [0.2, 0.25) is 0 Å². The average molecular weight is 1050 g/mol. The number of halogens is 2. The van der Waals surface area contributed by atoms with Gasteiger partial charge in [0.05, 0.1) is 50.2 Å². The molecule has 11 rings (SSSR count). The van der Waals surface area contributed by atoms with Crippen molar-refractivity contribution in [3.8, 4) is 17.5 Å². The van der Waals surface area contributed by atoms with Gasteiger partial charge in [0.15, 0.2) is 0 Å². The van der Waals surface area contributed by atoms with E-state index in [4.69, 9.17) is 28.9 Å². The van der Waals surface area contributed by atoms with Crippen molar-refractivity contribution in [2.75, 3.05) is 0 Å². The third-order valence-electron chi connectivity index (χ3n) is 9.79. The van der Waals surface area contributed by atoms with Crippen LogP contribution < -0.4 is 18.6 Å². The van der Waals surface area contributed by atoms with Gasteiger partial charge in [-0.25, -0.2) is 23.6 Å². The number of nitrogens with one attached hydrogen (secondary N) is 1. The average Bonchev–Trinajstić information content (AvgIpc) is 3.73. The Bertz CT molecular complexity index is 3210. The number of H-pyrrole nitrogens is 1. The molecule has 0 fully saturated rings. The monoisotopic (exact) mass is 1050 g/mol. The molecule has 0 aliphatic carbocycles. The van der Waals surface area contributed by atoms with E-state index in [1.807, 2.05) is 94.4 Å². The zero-order valence-corrected chi connectivity index (χ0v) is 40.0. The number of benzene rings is 4. The summed E-state index contributed by atoms with van der Waals surface area (Å²) in [5, 5.41) is 14.0. The molecule has 0 spiro atoms. The number of pyridine rings is 6. The van der Waals surface area contributed by atoms with E-state index in [9.17, 15) is 0 Å². The molecule has 0 saturated carbocycles. The van der Waals surface area contributed by atoms with Crippen molar-refractivity contribution in [2.45, 2.75) is 34.6 Å². The van der Waals surface area contributed by atoms with Crippen LogP contribution in [0.1, 0.15) is 29.7 Å². The largest absolute Gasteiger partial charge is 2.00 e. The van der Waals surface area contributed by atoms with Crippen LogP contribution in [0.25, 0.3) is 87.8 Å². The molecule has 0 aliphatic heterocycles. The van der Waals surface area contributed by atoms with Gasteiger partial charge in [-0.05, 0) is 82.3 Å². The van der Waals surface area contributed by atoms with Crippen LogP contribution in [0.3, 0.4) is 0 Å². The predicted octanol–water partition coefficient (Wildman–Crippen LogP) is 7.48. The number of nitrogens with zero attached hydrogens (tertiary/aromatic N) is 8. The smallest absolute Gasteiger partial charge is 0.870 e. The zero-order valence-electron chi connectivity index (χ0n) is 36.0. The molecule has 2 N–H and O–H groups in total. The minimum Gasteiger partial charge on any atom is -0.870 e. The summed E-state index contributed by atoms with van der Waals surface area (Å²) in [4.78, 5) is 35.8. The Balaban J connectivity index is 0.000000173. The molecule has 0 unspecified atom stereocenters. The summed E-state index contributed by atoms with van der Waals surface area (Å²) in [6.07, 6.45) is 3.59. The van der Waals surface area contributed by atoms with E-state index in [2.05, 4.69) is 105 Å². The molecule has 7 heterocycles. The van der Waals surface area contributed by atoms with Crippen molar-refractivity contribution >= 4 is 92.4 Å². The summed E-state index contributed by atoms with van der Waals surface area (Å²) >= 11 is 3.61. The van der Waals surface area contributed by atoms with Crippen LogP contribution in [0, 0.1) is 49.3 Å². The number of hydrogen-bond donors (Lipinski definition) is 1. The minimum absolute atomic E-state index is 0. The first-order valence-electron chi connectivity index (χ1n) is 19.7. The van der Waals surface area contributed by atoms with Crippen LogP contribution in [-0.2, 0) is 19.5 Å². The van der Waals surface area contributed by atoms with E-state index in [1.54, 1.807) is 18.5 Å². The SMILES string of the molecule is Brc1ccccc1-c1nc2c3cccnc3c3ncccc3c2[nH]1.CC#N.Cc1ccc2ccc3ccc(C)nc3c2n1.Cc1ccc2ccc3ccc(C)nc3c2n1.[O-][Cl+3]([O-])([O-])[O-].[OH-].[Ru+2]. The molecule has 332 valence electrons. The maximum Gasteiger partial charge on any atom is 2.00 e. The maximum atomic E-state index is 8.49. The van der Waals surface area contributed by atoms with Crippen LogP contribution in [0.15, 0.2) is 138 Å². The Morgan fingerprint density at radius 3 is 1.24 bits per heavy atom. The van der Waals surface area contributed by atoms with Crippen molar-refractivity contribution in [1.29, 1.82) is 5.26 Å². The van der Waals surface area contributed by atoms with Gasteiger partial charge >= 0.3 is 19.5 Å². The summed E-state index contributed by atoms with van der Waals surface area (Å²) in [5.41, 5.74) is 12.8. The zero-order chi connectivity index (χ0) is 45.5.